The van der Waals surface area contributed by atoms with Crippen molar-refractivity contribution in [3.8, 4) is 0 Å². The van der Waals surface area contributed by atoms with E-state index in [4.69, 9.17) is 38.7 Å². The number of amides is 1. The van der Waals surface area contributed by atoms with Gasteiger partial charge >= 0.3 is 0 Å². The van der Waals surface area contributed by atoms with Crippen LogP contribution < -0.4 is 16.4 Å². The van der Waals surface area contributed by atoms with Crippen molar-refractivity contribution in [1.29, 1.82) is 0 Å². The summed E-state index contributed by atoms with van der Waals surface area (Å²) in [6.07, 6.45) is 6.15. The normalized spacial score (nSPS) is 26.2. The van der Waals surface area contributed by atoms with Crippen molar-refractivity contribution in [2.45, 2.75) is 70.6 Å². The Bertz CT molecular complexity index is 1300. The molecule has 3 aromatic rings. The Hall–Kier alpha value is -2.69. The fourth-order valence-electron chi connectivity index (χ4n) is 5.22. The SMILES string of the molecule is C[C@H]1C[C@@H](Nc2ncc3nc(Nc4c(F)cc(Cl)cc4Cl)n(C4CCC(C)(C(N)=O)CC4)c3n2)CCO1. The molecule has 1 aromatic carbocycles. The number of nitrogens with one attached hydrogen (secondary N) is 2. The van der Waals surface area contributed by atoms with Crippen molar-refractivity contribution in [3.63, 3.8) is 0 Å². The van der Waals surface area contributed by atoms with Gasteiger partial charge in [0.25, 0.3) is 0 Å². The first-order valence-corrected chi connectivity index (χ1v) is 13.2. The second kappa shape index (κ2) is 10.2. The molecular weight excluding hydrogens is 520 g/mol. The molecule has 1 amide bonds. The number of nitrogens with zero attached hydrogens (tertiary/aromatic N) is 4. The summed E-state index contributed by atoms with van der Waals surface area (Å²) in [7, 11) is 0. The lowest BCUT2D eigenvalue weighted by atomic mass is 9.73. The summed E-state index contributed by atoms with van der Waals surface area (Å²) >= 11 is 12.3. The maximum absolute atomic E-state index is 14.8. The van der Waals surface area contributed by atoms with Crippen LogP contribution >= 0.6 is 23.2 Å². The molecule has 5 rings (SSSR count). The lowest BCUT2D eigenvalue weighted by Crippen LogP contribution is -2.38. The number of anilines is 3. The van der Waals surface area contributed by atoms with E-state index in [1.807, 2.05) is 11.5 Å². The van der Waals surface area contributed by atoms with Gasteiger partial charge in [-0.2, -0.15) is 4.98 Å². The van der Waals surface area contributed by atoms with Gasteiger partial charge in [-0.05, 0) is 57.6 Å². The number of aromatic nitrogens is 4. The van der Waals surface area contributed by atoms with E-state index in [2.05, 4.69) is 27.5 Å². The summed E-state index contributed by atoms with van der Waals surface area (Å²) in [5.41, 5.74) is 6.35. The molecule has 2 fully saturated rings. The molecule has 2 aromatic heterocycles. The molecule has 1 aliphatic heterocycles. The number of hydrogen-bond acceptors (Lipinski definition) is 7. The van der Waals surface area contributed by atoms with Crippen LogP contribution in [0.1, 0.15) is 58.4 Å². The average molecular weight is 550 g/mol. The van der Waals surface area contributed by atoms with Crippen molar-refractivity contribution in [2.75, 3.05) is 17.2 Å². The third-order valence-electron chi connectivity index (χ3n) is 7.51. The van der Waals surface area contributed by atoms with E-state index in [0.717, 1.165) is 12.8 Å². The second-order valence-corrected chi connectivity index (χ2v) is 11.1. The van der Waals surface area contributed by atoms with Crippen LogP contribution in [0.3, 0.4) is 0 Å². The number of carbonyl (C=O) groups excluding carboxylic acids is 1. The summed E-state index contributed by atoms with van der Waals surface area (Å²) in [6.45, 7) is 4.63. The van der Waals surface area contributed by atoms with Gasteiger partial charge in [0.15, 0.2) is 5.65 Å². The summed E-state index contributed by atoms with van der Waals surface area (Å²) < 4.78 is 22.4. The number of nitrogens with two attached hydrogens (primary N) is 1. The van der Waals surface area contributed by atoms with Crippen LogP contribution in [0.2, 0.25) is 10.0 Å². The minimum absolute atomic E-state index is 0.0417. The number of ether oxygens (including phenoxy) is 1. The molecule has 9 nitrogen and oxygen atoms in total. The highest BCUT2D eigenvalue weighted by Crippen LogP contribution is 2.43. The number of rotatable bonds is 6. The van der Waals surface area contributed by atoms with E-state index >= 15 is 0 Å². The molecular formula is C25H30Cl2FN7O2. The second-order valence-electron chi connectivity index (χ2n) is 10.3. The minimum Gasteiger partial charge on any atom is -0.378 e. The molecule has 1 aliphatic carbocycles. The van der Waals surface area contributed by atoms with Crippen LogP contribution in [-0.4, -0.2) is 44.2 Å². The Morgan fingerprint density at radius 1 is 1.24 bits per heavy atom. The Kier molecular flexibility index (Phi) is 7.17. The van der Waals surface area contributed by atoms with Gasteiger partial charge in [0.05, 0.1) is 23.0 Å². The predicted octanol–water partition coefficient (Wildman–Crippen LogP) is 5.60. The topological polar surface area (TPSA) is 120 Å². The van der Waals surface area contributed by atoms with E-state index < -0.39 is 11.2 Å². The number of imidazole rings is 1. The highest BCUT2D eigenvalue weighted by atomic mass is 35.5. The van der Waals surface area contributed by atoms with Gasteiger partial charge in [0.1, 0.15) is 11.3 Å². The van der Waals surface area contributed by atoms with Crippen LogP contribution in [0.15, 0.2) is 18.3 Å². The van der Waals surface area contributed by atoms with Crippen molar-refractivity contribution < 1.29 is 13.9 Å². The highest BCUT2D eigenvalue weighted by molar-refractivity contribution is 6.36. The summed E-state index contributed by atoms with van der Waals surface area (Å²) in [4.78, 5) is 26.0. The van der Waals surface area contributed by atoms with Crippen molar-refractivity contribution in [1.82, 2.24) is 19.5 Å². The Balaban J connectivity index is 1.52. The predicted molar refractivity (Wildman–Crippen MR) is 142 cm³/mol. The molecule has 4 N–H and O–H groups in total. The minimum atomic E-state index is -0.594. The van der Waals surface area contributed by atoms with Gasteiger partial charge < -0.3 is 21.1 Å². The smallest absolute Gasteiger partial charge is 0.224 e. The summed E-state index contributed by atoms with van der Waals surface area (Å²) in [5, 5.41) is 6.82. The average Bonchev–Trinajstić information content (AvgIpc) is 3.19. The first-order chi connectivity index (χ1) is 17.6. The molecule has 2 aliphatic rings. The van der Waals surface area contributed by atoms with Gasteiger partial charge in [-0.1, -0.05) is 30.1 Å². The molecule has 12 heteroatoms. The molecule has 1 saturated heterocycles. The van der Waals surface area contributed by atoms with Gasteiger partial charge in [-0.15, -0.1) is 0 Å². The number of benzene rings is 1. The Morgan fingerprint density at radius 3 is 2.68 bits per heavy atom. The van der Waals surface area contributed by atoms with Crippen LogP contribution in [0.4, 0.5) is 22.0 Å². The van der Waals surface area contributed by atoms with Gasteiger partial charge in [-0.25, -0.2) is 14.4 Å². The molecule has 198 valence electrons. The monoisotopic (exact) mass is 549 g/mol. The van der Waals surface area contributed by atoms with Crippen molar-refractivity contribution >= 4 is 57.9 Å². The first kappa shape index (κ1) is 25.9. The van der Waals surface area contributed by atoms with E-state index in [0.29, 0.717) is 55.4 Å². The Labute approximate surface area is 224 Å². The third-order valence-corrected chi connectivity index (χ3v) is 8.03. The maximum atomic E-state index is 14.8. The number of fused-ring (bicyclic) bond motifs is 1. The van der Waals surface area contributed by atoms with Crippen LogP contribution in [0, 0.1) is 11.2 Å². The highest BCUT2D eigenvalue weighted by Gasteiger charge is 2.38. The van der Waals surface area contributed by atoms with Gasteiger partial charge in [0.2, 0.25) is 17.8 Å². The lowest BCUT2D eigenvalue weighted by molar-refractivity contribution is -0.128. The van der Waals surface area contributed by atoms with Crippen LogP contribution in [-0.2, 0) is 9.53 Å². The van der Waals surface area contributed by atoms with E-state index in [1.54, 1.807) is 6.20 Å². The molecule has 0 unspecified atom stereocenters. The molecule has 1 saturated carbocycles. The first-order valence-electron chi connectivity index (χ1n) is 12.5. The van der Waals surface area contributed by atoms with E-state index in [-0.39, 0.29) is 39.8 Å². The molecule has 0 bridgehead atoms. The Morgan fingerprint density at radius 2 is 2.00 bits per heavy atom. The molecule has 0 radical (unpaired) electrons. The quantitative estimate of drug-likeness (QED) is 0.365. The van der Waals surface area contributed by atoms with Gasteiger partial charge in [-0.3, -0.25) is 9.36 Å². The zero-order valence-electron chi connectivity index (χ0n) is 20.7. The zero-order valence-corrected chi connectivity index (χ0v) is 22.2. The number of primary amides is 1. The van der Waals surface area contributed by atoms with Crippen molar-refractivity contribution in [2.24, 2.45) is 11.1 Å². The fraction of sp³-hybridized carbons (Fsp3) is 0.520. The van der Waals surface area contributed by atoms with Crippen LogP contribution in [0.5, 0.6) is 0 Å². The number of halogens is 3. The third kappa shape index (κ3) is 5.32. The van der Waals surface area contributed by atoms with E-state index in [9.17, 15) is 9.18 Å². The van der Waals surface area contributed by atoms with E-state index in [1.165, 1.54) is 12.1 Å². The summed E-state index contributed by atoms with van der Waals surface area (Å²) in [5.74, 6) is -0.0119. The van der Waals surface area contributed by atoms with Gasteiger partial charge in [0, 0.05) is 29.1 Å². The maximum Gasteiger partial charge on any atom is 0.224 e. The lowest BCUT2D eigenvalue weighted by Gasteiger charge is -2.35. The van der Waals surface area contributed by atoms with Crippen molar-refractivity contribution in [3.05, 3.63) is 34.2 Å². The van der Waals surface area contributed by atoms with Crippen LogP contribution in [0.25, 0.3) is 11.2 Å². The molecule has 2 atom stereocenters. The zero-order chi connectivity index (χ0) is 26.3. The number of carbonyl (C=O) groups is 1. The fourth-order valence-corrected chi connectivity index (χ4v) is 5.74. The molecule has 3 heterocycles. The summed E-state index contributed by atoms with van der Waals surface area (Å²) in [6, 6.07) is 2.82. The largest absolute Gasteiger partial charge is 0.378 e. The molecule has 37 heavy (non-hydrogen) atoms. The molecule has 0 spiro atoms. The standard InChI is InChI=1S/C25H30Cl2FN7O2/c1-13-9-15(5-8-37-13)31-23-30-12-19-21(34-23)35(16-3-6-25(2,7-4-16)22(29)36)24(32-19)33-20-17(27)10-14(26)11-18(20)28/h10-13,15-16H,3-9H2,1-2H3,(H2,29,36)(H,32,33)(H,30,31,34)/t13-,15-,16?,25?/m0/s1. The number of hydrogen-bond donors (Lipinski definition) is 3.